The number of anilines is 1. The van der Waals surface area contributed by atoms with Crippen molar-refractivity contribution in [1.29, 1.82) is 0 Å². The first kappa shape index (κ1) is 18.6. The topological polar surface area (TPSA) is 115 Å². The third kappa shape index (κ3) is 4.55. The van der Waals surface area contributed by atoms with Crippen LogP contribution >= 0.6 is 11.3 Å². The van der Waals surface area contributed by atoms with Crippen LogP contribution in [-0.2, 0) is 9.59 Å². The van der Waals surface area contributed by atoms with Gasteiger partial charge in [-0.2, -0.15) is 5.10 Å². The number of nitrogens with zero attached hydrogens (tertiary/aromatic N) is 3. The summed E-state index contributed by atoms with van der Waals surface area (Å²) in [7, 11) is 0. The van der Waals surface area contributed by atoms with Gasteiger partial charge in [0.25, 0.3) is 0 Å². The van der Waals surface area contributed by atoms with Crippen molar-refractivity contribution in [1.82, 2.24) is 15.6 Å². The van der Waals surface area contributed by atoms with Crippen molar-refractivity contribution in [2.75, 3.05) is 18.5 Å². The summed E-state index contributed by atoms with van der Waals surface area (Å²) in [6.45, 7) is 0.981. The summed E-state index contributed by atoms with van der Waals surface area (Å²) in [6, 6.07) is 14.7. The highest BCUT2D eigenvalue weighted by molar-refractivity contribution is 7.18. The van der Waals surface area contributed by atoms with E-state index in [9.17, 15) is 9.59 Å². The number of benzene rings is 2. The van der Waals surface area contributed by atoms with Crippen molar-refractivity contribution in [3.05, 3.63) is 54.1 Å². The maximum absolute atomic E-state index is 12.0. The number of ether oxygens (including phenoxy) is 2. The van der Waals surface area contributed by atoms with Gasteiger partial charge >= 0.3 is 11.8 Å². The SMILES string of the molecule is O=C(NN=Cc1ccc2c(c1)OCCO2)C(=O)Nc1nnc(-c2ccccc2)s1. The van der Waals surface area contributed by atoms with Gasteiger partial charge in [0.2, 0.25) is 5.13 Å². The Balaban J connectivity index is 1.32. The molecule has 29 heavy (non-hydrogen) atoms. The first-order valence-corrected chi connectivity index (χ1v) is 9.44. The van der Waals surface area contributed by atoms with Crippen molar-refractivity contribution in [3.63, 3.8) is 0 Å². The van der Waals surface area contributed by atoms with Crippen LogP contribution in [0.4, 0.5) is 5.13 Å². The van der Waals surface area contributed by atoms with Gasteiger partial charge in [-0.15, -0.1) is 10.2 Å². The largest absolute Gasteiger partial charge is 0.486 e. The first-order valence-electron chi connectivity index (χ1n) is 8.62. The molecule has 0 bridgehead atoms. The van der Waals surface area contributed by atoms with E-state index >= 15 is 0 Å². The molecule has 2 aromatic carbocycles. The van der Waals surface area contributed by atoms with Crippen molar-refractivity contribution >= 4 is 34.5 Å². The molecule has 0 atom stereocenters. The van der Waals surface area contributed by atoms with Crippen LogP contribution in [0.2, 0.25) is 0 Å². The van der Waals surface area contributed by atoms with Crippen LogP contribution in [0.5, 0.6) is 11.5 Å². The number of nitrogens with one attached hydrogen (secondary N) is 2. The number of hydrazone groups is 1. The third-order valence-electron chi connectivity index (χ3n) is 3.82. The molecular weight excluding hydrogens is 394 g/mol. The number of hydrogen-bond acceptors (Lipinski definition) is 8. The minimum Gasteiger partial charge on any atom is -0.486 e. The van der Waals surface area contributed by atoms with Gasteiger partial charge < -0.3 is 9.47 Å². The zero-order valence-corrected chi connectivity index (χ0v) is 15.8. The minimum absolute atomic E-state index is 0.222. The maximum Gasteiger partial charge on any atom is 0.329 e. The fourth-order valence-electron chi connectivity index (χ4n) is 2.48. The molecule has 0 unspecified atom stereocenters. The normalized spacial score (nSPS) is 12.6. The van der Waals surface area contributed by atoms with Crippen LogP contribution < -0.4 is 20.2 Å². The van der Waals surface area contributed by atoms with Gasteiger partial charge in [-0.25, -0.2) is 5.43 Å². The Morgan fingerprint density at radius 3 is 2.62 bits per heavy atom. The summed E-state index contributed by atoms with van der Waals surface area (Å²) < 4.78 is 10.9. The van der Waals surface area contributed by atoms with E-state index in [-0.39, 0.29) is 5.13 Å². The summed E-state index contributed by atoms with van der Waals surface area (Å²) in [4.78, 5) is 23.9. The fourth-order valence-corrected chi connectivity index (χ4v) is 3.23. The lowest BCUT2D eigenvalue weighted by atomic mass is 10.2. The summed E-state index contributed by atoms with van der Waals surface area (Å²) in [5.41, 5.74) is 3.73. The molecule has 0 spiro atoms. The second-order valence-electron chi connectivity index (χ2n) is 5.83. The molecule has 146 valence electrons. The Labute approximate surface area is 169 Å². The summed E-state index contributed by atoms with van der Waals surface area (Å²) in [5, 5.41) is 14.9. The van der Waals surface area contributed by atoms with E-state index in [1.54, 1.807) is 18.2 Å². The standard InChI is InChI=1S/C19H15N5O4S/c25-16(21-19-24-23-18(29-19)13-4-2-1-3-5-13)17(26)22-20-11-12-6-7-14-15(10-12)28-9-8-27-14/h1-7,10-11H,8-9H2,(H,22,26)(H,21,24,25). The lowest BCUT2D eigenvalue weighted by Crippen LogP contribution is -2.32. The van der Waals surface area contributed by atoms with E-state index in [4.69, 9.17) is 9.47 Å². The monoisotopic (exact) mass is 409 g/mol. The molecule has 9 nitrogen and oxygen atoms in total. The van der Waals surface area contributed by atoms with Gasteiger partial charge in [0, 0.05) is 5.56 Å². The van der Waals surface area contributed by atoms with Crippen molar-refractivity contribution < 1.29 is 19.1 Å². The predicted octanol–water partition coefficient (Wildman–Crippen LogP) is 2.07. The van der Waals surface area contributed by atoms with E-state index in [0.29, 0.717) is 35.3 Å². The average Bonchev–Trinajstić information content (AvgIpc) is 3.22. The zero-order valence-electron chi connectivity index (χ0n) is 15.0. The van der Waals surface area contributed by atoms with Crippen LogP contribution in [0, 0.1) is 0 Å². The molecule has 2 amide bonds. The van der Waals surface area contributed by atoms with Gasteiger partial charge in [-0.05, 0) is 23.8 Å². The van der Waals surface area contributed by atoms with Gasteiger partial charge in [0.15, 0.2) is 11.5 Å². The molecule has 0 fully saturated rings. The highest BCUT2D eigenvalue weighted by Crippen LogP contribution is 2.30. The lowest BCUT2D eigenvalue weighted by Gasteiger charge is -2.18. The predicted molar refractivity (Wildman–Crippen MR) is 107 cm³/mol. The average molecular weight is 409 g/mol. The molecule has 3 aromatic rings. The molecule has 1 aliphatic heterocycles. The summed E-state index contributed by atoms with van der Waals surface area (Å²) in [5.74, 6) is -0.547. The number of carbonyl (C=O) groups is 2. The van der Waals surface area contributed by atoms with E-state index in [0.717, 1.165) is 5.56 Å². The van der Waals surface area contributed by atoms with Gasteiger partial charge in [-0.1, -0.05) is 41.7 Å². The van der Waals surface area contributed by atoms with E-state index in [2.05, 4.69) is 26.0 Å². The molecule has 0 radical (unpaired) electrons. The summed E-state index contributed by atoms with van der Waals surface area (Å²) in [6.07, 6.45) is 1.40. The molecule has 2 N–H and O–H groups in total. The number of amides is 2. The number of aromatic nitrogens is 2. The molecule has 4 rings (SSSR count). The number of rotatable bonds is 4. The van der Waals surface area contributed by atoms with Crippen LogP contribution in [0.3, 0.4) is 0 Å². The molecule has 10 heteroatoms. The smallest absolute Gasteiger partial charge is 0.329 e. The van der Waals surface area contributed by atoms with E-state index in [1.807, 2.05) is 30.3 Å². The number of fused-ring (bicyclic) bond motifs is 1. The molecule has 2 heterocycles. The second-order valence-corrected chi connectivity index (χ2v) is 6.81. The highest BCUT2D eigenvalue weighted by Gasteiger charge is 2.16. The first-order chi connectivity index (χ1) is 14.2. The molecule has 1 aliphatic rings. The molecular formula is C19H15N5O4S. The van der Waals surface area contributed by atoms with Gasteiger partial charge in [0.05, 0.1) is 6.21 Å². The fraction of sp³-hybridized carbons (Fsp3) is 0.105. The van der Waals surface area contributed by atoms with Crippen LogP contribution in [0.25, 0.3) is 10.6 Å². The van der Waals surface area contributed by atoms with E-state index in [1.165, 1.54) is 17.6 Å². The van der Waals surface area contributed by atoms with Crippen molar-refractivity contribution in [2.45, 2.75) is 0 Å². The molecule has 0 saturated heterocycles. The lowest BCUT2D eigenvalue weighted by molar-refractivity contribution is -0.136. The van der Waals surface area contributed by atoms with Crippen molar-refractivity contribution in [3.8, 4) is 22.1 Å². The minimum atomic E-state index is -0.921. The van der Waals surface area contributed by atoms with Gasteiger partial charge in [0.1, 0.15) is 18.2 Å². The number of carbonyl (C=O) groups excluding carboxylic acids is 2. The quantitative estimate of drug-likeness (QED) is 0.387. The molecule has 0 aliphatic carbocycles. The molecule has 1 aromatic heterocycles. The zero-order chi connectivity index (χ0) is 20.1. The molecule has 0 saturated carbocycles. The number of hydrogen-bond donors (Lipinski definition) is 2. The second kappa shape index (κ2) is 8.48. The Morgan fingerprint density at radius 1 is 1.00 bits per heavy atom. The third-order valence-corrected chi connectivity index (χ3v) is 4.71. The Bertz CT molecular complexity index is 1070. The highest BCUT2D eigenvalue weighted by atomic mass is 32.1. The summed E-state index contributed by atoms with van der Waals surface area (Å²) >= 11 is 1.17. The van der Waals surface area contributed by atoms with Gasteiger partial charge in [-0.3, -0.25) is 14.9 Å². The Hall–Kier alpha value is -3.79. The Kier molecular flexibility index (Phi) is 5.43. The van der Waals surface area contributed by atoms with Crippen LogP contribution in [0.15, 0.2) is 53.6 Å². The maximum atomic E-state index is 12.0. The van der Waals surface area contributed by atoms with Crippen molar-refractivity contribution in [2.24, 2.45) is 5.10 Å². The van der Waals surface area contributed by atoms with Crippen LogP contribution in [-0.4, -0.2) is 41.4 Å². The van der Waals surface area contributed by atoms with Crippen LogP contribution in [0.1, 0.15) is 5.56 Å². The Morgan fingerprint density at radius 2 is 1.79 bits per heavy atom. The van der Waals surface area contributed by atoms with E-state index < -0.39 is 11.8 Å².